The first-order chi connectivity index (χ1) is 13.0. The maximum atomic E-state index is 12.8. The number of carbonyl (C=O) groups excluding carboxylic acids is 1. The average Bonchev–Trinajstić information content (AvgIpc) is 2.68. The van der Waals surface area contributed by atoms with Gasteiger partial charge in [-0.05, 0) is 30.3 Å². The predicted octanol–water partition coefficient (Wildman–Crippen LogP) is 3.33. The molecular weight excluding hydrogens is 346 g/mol. The van der Waals surface area contributed by atoms with Gasteiger partial charge >= 0.3 is 12.0 Å². The molecule has 132 valence electrons. The molecule has 0 spiro atoms. The van der Waals surface area contributed by atoms with Gasteiger partial charge in [-0.25, -0.2) is 14.6 Å². The molecule has 0 fully saturated rings. The fourth-order valence-electron chi connectivity index (χ4n) is 2.90. The molecule has 2 heterocycles. The lowest BCUT2D eigenvalue weighted by Gasteiger charge is -2.12. The van der Waals surface area contributed by atoms with Crippen LogP contribution in [-0.2, 0) is 0 Å². The Morgan fingerprint density at radius 1 is 0.963 bits per heavy atom. The highest BCUT2D eigenvalue weighted by atomic mass is 16.4. The minimum atomic E-state index is -1.39. The zero-order valence-corrected chi connectivity index (χ0v) is 13.9. The van der Waals surface area contributed by atoms with Crippen molar-refractivity contribution in [1.82, 2.24) is 9.55 Å². The van der Waals surface area contributed by atoms with Crippen LogP contribution in [0.2, 0.25) is 0 Å². The molecule has 0 saturated heterocycles. The first-order valence-electron chi connectivity index (χ1n) is 8.09. The third kappa shape index (κ3) is 2.91. The molecule has 0 bridgehead atoms. The summed E-state index contributed by atoms with van der Waals surface area (Å²) in [4.78, 5) is 40.8. The summed E-state index contributed by atoms with van der Waals surface area (Å²) in [6, 6.07) is 16.7. The van der Waals surface area contributed by atoms with Crippen molar-refractivity contribution in [3.63, 3.8) is 0 Å². The van der Waals surface area contributed by atoms with E-state index in [4.69, 9.17) is 0 Å². The number of fused-ring (bicyclic) bond motifs is 2. The van der Waals surface area contributed by atoms with E-state index < -0.39 is 23.0 Å². The molecule has 0 saturated carbocycles. The van der Waals surface area contributed by atoms with E-state index in [0.29, 0.717) is 16.9 Å². The quantitative estimate of drug-likeness (QED) is 0.572. The van der Waals surface area contributed by atoms with E-state index in [1.54, 1.807) is 24.3 Å². The molecule has 0 radical (unpaired) electrons. The lowest BCUT2D eigenvalue weighted by Crippen LogP contribution is -2.26. The molecule has 0 aliphatic heterocycles. The standard InChI is InChI=1S/C20H13N3O4/c24-18-13-6-2-4-8-16(13)23(11-14(18)19(25)26)20(27)22-17-10-9-12-5-1-3-7-15(12)21-17/h1-11H,(H,25,26)(H,21,22,27). The van der Waals surface area contributed by atoms with E-state index in [1.807, 2.05) is 30.3 Å². The number of aromatic carboxylic acids is 1. The number of nitrogens with one attached hydrogen (secondary N) is 1. The summed E-state index contributed by atoms with van der Waals surface area (Å²) < 4.78 is 1.11. The summed E-state index contributed by atoms with van der Waals surface area (Å²) in [5.74, 6) is -1.07. The minimum absolute atomic E-state index is 0.152. The van der Waals surface area contributed by atoms with Crippen molar-refractivity contribution in [2.45, 2.75) is 0 Å². The SMILES string of the molecule is O=C(O)c1cn(C(=O)Nc2ccc3ccccc3n2)c2ccccc2c1=O. The summed E-state index contributed by atoms with van der Waals surface area (Å²) in [7, 11) is 0. The van der Waals surface area contributed by atoms with E-state index in [1.165, 1.54) is 6.07 Å². The van der Waals surface area contributed by atoms with Gasteiger partial charge in [0.2, 0.25) is 5.43 Å². The number of carboxylic acid groups (broad SMARTS) is 1. The van der Waals surface area contributed by atoms with Crippen LogP contribution in [0.25, 0.3) is 21.8 Å². The number of para-hydroxylation sites is 2. The Labute approximate surface area is 152 Å². The second-order valence-corrected chi connectivity index (χ2v) is 5.88. The van der Waals surface area contributed by atoms with Gasteiger partial charge in [-0.3, -0.25) is 14.7 Å². The first kappa shape index (κ1) is 16.5. The van der Waals surface area contributed by atoms with Crippen LogP contribution in [-0.4, -0.2) is 26.7 Å². The van der Waals surface area contributed by atoms with E-state index >= 15 is 0 Å². The molecule has 0 unspecified atom stereocenters. The van der Waals surface area contributed by atoms with Crippen LogP contribution < -0.4 is 10.7 Å². The monoisotopic (exact) mass is 359 g/mol. The van der Waals surface area contributed by atoms with Gasteiger partial charge in [-0.2, -0.15) is 0 Å². The van der Waals surface area contributed by atoms with Gasteiger partial charge in [0.15, 0.2) is 0 Å². The summed E-state index contributed by atoms with van der Waals surface area (Å²) in [5, 5.41) is 13.0. The fourth-order valence-corrected chi connectivity index (χ4v) is 2.90. The highest BCUT2D eigenvalue weighted by Crippen LogP contribution is 2.16. The largest absolute Gasteiger partial charge is 0.477 e. The topological polar surface area (TPSA) is 101 Å². The maximum absolute atomic E-state index is 12.8. The number of anilines is 1. The molecule has 0 aliphatic rings. The summed E-state index contributed by atoms with van der Waals surface area (Å²) in [6.45, 7) is 0. The molecule has 7 heteroatoms. The Kier molecular flexibility index (Phi) is 3.89. The molecule has 2 aromatic heterocycles. The van der Waals surface area contributed by atoms with Gasteiger partial charge in [0, 0.05) is 17.0 Å². The van der Waals surface area contributed by atoms with E-state index in [9.17, 15) is 19.5 Å². The van der Waals surface area contributed by atoms with Crippen LogP contribution in [0.4, 0.5) is 10.6 Å². The van der Waals surface area contributed by atoms with Gasteiger partial charge in [-0.15, -0.1) is 0 Å². The van der Waals surface area contributed by atoms with Crippen LogP contribution in [0.1, 0.15) is 10.4 Å². The number of hydrogen-bond donors (Lipinski definition) is 2. The van der Waals surface area contributed by atoms with E-state index in [0.717, 1.165) is 16.2 Å². The molecule has 0 atom stereocenters. The van der Waals surface area contributed by atoms with Crippen molar-refractivity contribution >= 4 is 39.6 Å². The van der Waals surface area contributed by atoms with Crippen LogP contribution in [0, 0.1) is 0 Å². The van der Waals surface area contributed by atoms with Crippen molar-refractivity contribution in [1.29, 1.82) is 0 Å². The van der Waals surface area contributed by atoms with Crippen molar-refractivity contribution in [2.75, 3.05) is 5.32 Å². The molecular formula is C20H13N3O4. The predicted molar refractivity (Wildman–Crippen MR) is 101 cm³/mol. The Hall–Kier alpha value is -4.00. The number of carbonyl (C=O) groups is 2. The normalized spacial score (nSPS) is 10.8. The lowest BCUT2D eigenvalue weighted by molar-refractivity contribution is 0.0695. The van der Waals surface area contributed by atoms with Gasteiger partial charge in [-0.1, -0.05) is 30.3 Å². The molecule has 2 N–H and O–H groups in total. The molecule has 27 heavy (non-hydrogen) atoms. The number of rotatable bonds is 2. The zero-order chi connectivity index (χ0) is 19.0. The second kappa shape index (κ2) is 6.38. The lowest BCUT2D eigenvalue weighted by atomic mass is 10.1. The van der Waals surface area contributed by atoms with Gasteiger partial charge in [0.05, 0.1) is 11.0 Å². The summed E-state index contributed by atoms with van der Waals surface area (Å²) in [5.41, 5.74) is -0.0848. The van der Waals surface area contributed by atoms with Crippen LogP contribution in [0.5, 0.6) is 0 Å². The highest BCUT2D eigenvalue weighted by molar-refractivity contribution is 6.00. The van der Waals surface area contributed by atoms with Gasteiger partial charge in [0.25, 0.3) is 0 Å². The number of amides is 1. The molecule has 4 aromatic rings. The van der Waals surface area contributed by atoms with Crippen LogP contribution in [0.3, 0.4) is 0 Å². The first-order valence-corrected chi connectivity index (χ1v) is 8.09. The summed E-state index contributed by atoms with van der Waals surface area (Å²) in [6.07, 6.45) is 1.03. The van der Waals surface area contributed by atoms with Crippen molar-refractivity contribution in [3.05, 3.63) is 82.6 Å². The third-order valence-corrected chi connectivity index (χ3v) is 4.19. The molecule has 1 amide bonds. The summed E-state index contributed by atoms with van der Waals surface area (Å²) >= 11 is 0. The van der Waals surface area contributed by atoms with Crippen molar-refractivity contribution in [3.8, 4) is 0 Å². The van der Waals surface area contributed by atoms with Gasteiger partial charge < -0.3 is 5.11 Å². The van der Waals surface area contributed by atoms with Crippen LogP contribution in [0.15, 0.2) is 71.7 Å². The highest BCUT2D eigenvalue weighted by Gasteiger charge is 2.17. The Bertz CT molecular complexity index is 1280. The second-order valence-electron chi connectivity index (χ2n) is 5.88. The van der Waals surface area contributed by atoms with Crippen molar-refractivity contribution < 1.29 is 14.7 Å². The number of pyridine rings is 2. The van der Waals surface area contributed by atoms with Gasteiger partial charge in [0.1, 0.15) is 11.4 Å². The maximum Gasteiger partial charge on any atom is 0.341 e. The smallest absolute Gasteiger partial charge is 0.341 e. The Morgan fingerprint density at radius 3 is 2.52 bits per heavy atom. The number of benzene rings is 2. The fraction of sp³-hybridized carbons (Fsp3) is 0. The molecule has 0 aliphatic carbocycles. The zero-order valence-electron chi connectivity index (χ0n) is 13.9. The molecule has 7 nitrogen and oxygen atoms in total. The molecule has 4 rings (SSSR count). The number of hydrogen-bond acceptors (Lipinski definition) is 4. The Balaban J connectivity index is 1.81. The number of nitrogens with zero attached hydrogens (tertiary/aromatic N) is 2. The van der Waals surface area contributed by atoms with Crippen LogP contribution >= 0.6 is 0 Å². The Morgan fingerprint density at radius 2 is 1.70 bits per heavy atom. The number of carboxylic acids is 1. The van der Waals surface area contributed by atoms with E-state index in [2.05, 4.69) is 10.3 Å². The third-order valence-electron chi connectivity index (χ3n) is 4.19. The molecule has 2 aromatic carbocycles. The van der Waals surface area contributed by atoms with E-state index in [-0.39, 0.29) is 5.39 Å². The average molecular weight is 359 g/mol. The number of aromatic nitrogens is 2. The van der Waals surface area contributed by atoms with Crippen molar-refractivity contribution in [2.24, 2.45) is 0 Å². The minimum Gasteiger partial charge on any atom is -0.477 e.